The van der Waals surface area contributed by atoms with E-state index < -0.39 is 5.60 Å². The van der Waals surface area contributed by atoms with Gasteiger partial charge in [0, 0.05) is 19.5 Å². The second-order valence-electron chi connectivity index (χ2n) is 6.81. The number of nitrogens with zero attached hydrogens (tertiary/aromatic N) is 1. The predicted octanol–water partition coefficient (Wildman–Crippen LogP) is 3.11. The molecule has 3 heteroatoms. The van der Waals surface area contributed by atoms with Crippen LogP contribution in [0.4, 0.5) is 0 Å². The monoisotopic (exact) mass is 267 g/mol. The van der Waals surface area contributed by atoms with Gasteiger partial charge in [0.15, 0.2) is 0 Å². The summed E-state index contributed by atoms with van der Waals surface area (Å²) in [5.74, 6) is 1.11. The SMILES string of the molecule is CC1(O)CCCN(C(=O)CCCC2CCCCC2)C1. The van der Waals surface area contributed by atoms with Crippen LogP contribution in [0.25, 0.3) is 0 Å². The summed E-state index contributed by atoms with van der Waals surface area (Å²) in [6.07, 6.45) is 11.6. The maximum absolute atomic E-state index is 12.1. The number of piperidine rings is 1. The van der Waals surface area contributed by atoms with Crippen LogP contribution in [-0.4, -0.2) is 34.6 Å². The number of amides is 1. The fourth-order valence-electron chi connectivity index (χ4n) is 3.61. The lowest BCUT2D eigenvalue weighted by Gasteiger charge is -2.37. The van der Waals surface area contributed by atoms with E-state index in [1.807, 2.05) is 11.8 Å². The van der Waals surface area contributed by atoms with Crippen molar-refractivity contribution >= 4 is 5.91 Å². The lowest BCUT2D eigenvalue weighted by molar-refractivity contribution is -0.137. The van der Waals surface area contributed by atoms with Gasteiger partial charge >= 0.3 is 0 Å². The van der Waals surface area contributed by atoms with Crippen molar-refractivity contribution in [3.05, 3.63) is 0 Å². The van der Waals surface area contributed by atoms with Crippen LogP contribution >= 0.6 is 0 Å². The number of hydrogen-bond acceptors (Lipinski definition) is 2. The first-order valence-electron chi connectivity index (χ1n) is 8.07. The van der Waals surface area contributed by atoms with Crippen molar-refractivity contribution in [1.82, 2.24) is 4.90 Å². The summed E-state index contributed by atoms with van der Waals surface area (Å²) in [7, 11) is 0. The molecule has 110 valence electrons. The molecule has 19 heavy (non-hydrogen) atoms. The van der Waals surface area contributed by atoms with E-state index in [0.717, 1.165) is 31.7 Å². The van der Waals surface area contributed by atoms with Crippen LogP contribution in [-0.2, 0) is 4.79 Å². The van der Waals surface area contributed by atoms with Crippen LogP contribution in [0.3, 0.4) is 0 Å². The van der Waals surface area contributed by atoms with Gasteiger partial charge in [-0.05, 0) is 38.5 Å². The van der Waals surface area contributed by atoms with Gasteiger partial charge in [-0.3, -0.25) is 4.79 Å². The van der Waals surface area contributed by atoms with Crippen LogP contribution in [0.1, 0.15) is 71.1 Å². The fourth-order valence-corrected chi connectivity index (χ4v) is 3.61. The minimum Gasteiger partial charge on any atom is -0.388 e. The molecule has 0 aromatic heterocycles. The van der Waals surface area contributed by atoms with Crippen LogP contribution in [0.5, 0.6) is 0 Å². The summed E-state index contributed by atoms with van der Waals surface area (Å²) < 4.78 is 0. The van der Waals surface area contributed by atoms with Gasteiger partial charge in [0.1, 0.15) is 0 Å². The summed E-state index contributed by atoms with van der Waals surface area (Å²) in [5, 5.41) is 10.0. The number of carbonyl (C=O) groups excluding carboxylic acids is 1. The number of hydrogen-bond donors (Lipinski definition) is 1. The summed E-state index contributed by atoms with van der Waals surface area (Å²) in [6, 6.07) is 0. The zero-order valence-electron chi connectivity index (χ0n) is 12.4. The molecule has 1 heterocycles. The standard InChI is InChI=1S/C16H29NO2/c1-16(19)11-6-12-17(13-16)15(18)10-5-9-14-7-3-2-4-8-14/h14,19H,2-13H2,1H3. The highest BCUT2D eigenvalue weighted by atomic mass is 16.3. The zero-order chi connectivity index (χ0) is 13.7. The van der Waals surface area contributed by atoms with E-state index in [9.17, 15) is 9.90 Å². The molecule has 1 aliphatic carbocycles. The number of β-amino-alcohol motifs (C(OH)–C–C–N with tert-alkyl or cyclic N) is 1. The Morgan fingerprint density at radius 1 is 1.26 bits per heavy atom. The highest BCUT2D eigenvalue weighted by Crippen LogP contribution is 2.28. The molecule has 1 unspecified atom stereocenters. The molecule has 1 saturated heterocycles. The number of carbonyl (C=O) groups is 1. The molecule has 2 rings (SSSR count). The van der Waals surface area contributed by atoms with Crippen LogP contribution in [0.2, 0.25) is 0 Å². The highest BCUT2D eigenvalue weighted by Gasteiger charge is 2.30. The Morgan fingerprint density at radius 3 is 2.68 bits per heavy atom. The Balaban J connectivity index is 1.66. The smallest absolute Gasteiger partial charge is 0.222 e. The average Bonchev–Trinajstić information content (AvgIpc) is 2.38. The Morgan fingerprint density at radius 2 is 2.00 bits per heavy atom. The maximum atomic E-state index is 12.1. The lowest BCUT2D eigenvalue weighted by Crippen LogP contribution is -2.48. The van der Waals surface area contributed by atoms with Gasteiger partial charge in [0.2, 0.25) is 5.91 Å². The van der Waals surface area contributed by atoms with Gasteiger partial charge in [-0.15, -0.1) is 0 Å². The Kier molecular flexibility index (Phi) is 5.26. The molecular formula is C16H29NO2. The number of likely N-dealkylation sites (tertiary alicyclic amines) is 1. The molecule has 2 aliphatic rings. The van der Waals surface area contributed by atoms with Crippen molar-refractivity contribution in [2.24, 2.45) is 5.92 Å². The van der Waals surface area contributed by atoms with E-state index in [4.69, 9.17) is 0 Å². The highest BCUT2D eigenvalue weighted by molar-refractivity contribution is 5.76. The minimum atomic E-state index is -0.669. The summed E-state index contributed by atoms with van der Waals surface area (Å²) >= 11 is 0. The molecule has 2 fully saturated rings. The normalized spacial score (nSPS) is 29.5. The van der Waals surface area contributed by atoms with Crippen LogP contribution < -0.4 is 0 Å². The number of aliphatic hydroxyl groups is 1. The van der Waals surface area contributed by atoms with E-state index in [-0.39, 0.29) is 5.91 Å². The fraction of sp³-hybridized carbons (Fsp3) is 0.938. The predicted molar refractivity (Wildman–Crippen MR) is 76.9 cm³/mol. The second kappa shape index (κ2) is 6.74. The van der Waals surface area contributed by atoms with Gasteiger partial charge in [-0.1, -0.05) is 32.1 Å². The third-order valence-corrected chi connectivity index (χ3v) is 4.76. The van der Waals surface area contributed by atoms with E-state index in [1.165, 1.54) is 38.5 Å². The van der Waals surface area contributed by atoms with Crippen LogP contribution in [0.15, 0.2) is 0 Å². The van der Waals surface area contributed by atoms with Gasteiger partial charge in [-0.25, -0.2) is 0 Å². The van der Waals surface area contributed by atoms with Crippen molar-refractivity contribution < 1.29 is 9.90 Å². The third-order valence-electron chi connectivity index (χ3n) is 4.76. The van der Waals surface area contributed by atoms with E-state index in [1.54, 1.807) is 0 Å². The average molecular weight is 267 g/mol. The minimum absolute atomic E-state index is 0.246. The molecule has 0 bridgehead atoms. The largest absolute Gasteiger partial charge is 0.388 e. The molecule has 0 radical (unpaired) electrons. The zero-order valence-corrected chi connectivity index (χ0v) is 12.4. The summed E-state index contributed by atoms with van der Waals surface area (Å²) in [6.45, 7) is 3.20. The van der Waals surface area contributed by atoms with E-state index in [2.05, 4.69) is 0 Å². The molecule has 0 aromatic rings. The van der Waals surface area contributed by atoms with E-state index >= 15 is 0 Å². The van der Waals surface area contributed by atoms with Gasteiger partial charge in [-0.2, -0.15) is 0 Å². The first kappa shape index (κ1) is 14.8. The van der Waals surface area contributed by atoms with Crippen molar-refractivity contribution in [3.63, 3.8) is 0 Å². The lowest BCUT2D eigenvalue weighted by atomic mass is 9.85. The molecule has 0 aromatic carbocycles. The molecule has 3 nitrogen and oxygen atoms in total. The Labute approximate surface area is 117 Å². The topological polar surface area (TPSA) is 40.5 Å². The molecular weight excluding hydrogens is 238 g/mol. The van der Waals surface area contributed by atoms with E-state index in [0.29, 0.717) is 13.0 Å². The first-order chi connectivity index (χ1) is 9.07. The van der Waals surface area contributed by atoms with Gasteiger partial charge in [0.25, 0.3) is 0 Å². The molecule has 1 aliphatic heterocycles. The number of rotatable bonds is 4. The Bertz CT molecular complexity index is 295. The quantitative estimate of drug-likeness (QED) is 0.850. The maximum Gasteiger partial charge on any atom is 0.222 e. The molecule has 1 amide bonds. The first-order valence-corrected chi connectivity index (χ1v) is 8.07. The third kappa shape index (κ3) is 4.79. The van der Waals surface area contributed by atoms with Gasteiger partial charge < -0.3 is 10.0 Å². The summed E-state index contributed by atoms with van der Waals surface area (Å²) in [5.41, 5.74) is -0.669. The van der Waals surface area contributed by atoms with Gasteiger partial charge in [0.05, 0.1) is 5.60 Å². The molecule has 0 spiro atoms. The van der Waals surface area contributed by atoms with Crippen LogP contribution in [0, 0.1) is 5.92 Å². The van der Waals surface area contributed by atoms with Crippen molar-refractivity contribution in [3.8, 4) is 0 Å². The second-order valence-corrected chi connectivity index (χ2v) is 6.81. The molecule has 1 saturated carbocycles. The summed E-state index contributed by atoms with van der Waals surface area (Å²) in [4.78, 5) is 14.0. The molecule has 1 atom stereocenters. The van der Waals surface area contributed by atoms with Crippen molar-refractivity contribution in [2.45, 2.75) is 76.7 Å². The van der Waals surface area contributed by atoms with Crippen molar-refractivity contribution in [1.29, 1.82) is 0 Å². The molecule has 1 N–H and O–H groups in total. The van der Waals surface area contributed by atoms with Crippen molar-refractivity contribution in [2.75, 3.05) is 13.1 Å². The Hall–Kier alpha value is -0.570.